The second-order valence-electron chi connectivity index (χ2n) is 7.11. The van der Waals surface area contributed by atoms with E-state index in [0.29, 0.717) is 11.8 Å². The van der Waals surface area contributed by atoms with Crippen LogP contribution in [-0.2, 0) is 0 Å². The van der Waals surface area contributed by atoms with Gasteiger partial charge in [-0.25, -0.2) is 4.98 Å². The lowest BCUT2D eigenvalue weighted by Gasteiger charge is -2.21. The van der Waals surface area contributed by atoms with Crippen LogP contribution in [0.2, 0.25) is 0 Å². The van der Waals surface area contributed by atoms with E-state index in [-0.39, 0.29) is 18.6 Å². The van der Waals surface area contributed by atoms with Crippen LogP contribution in [0.1, 0.15) is 19.4 Å². The Morgan fingerprint density at radius 1 is 1.04 bits per heavy atom. The summed E-state index contributed by atoms with van der Waals surface area (Å²) in [5.74, 6) is 1.41. The highest BCUT2D eigenvalue weighted by Gasteiger charge is 2.15. The number of aryl methyl sites for hydroxylation is 1. The summed E-state index contributed by atoms with van der Waals surface area (Å²) in [6.45, 7) is 6.17. The lowest BCUT2D eigenvalue weighted by molar-refractivity contribution is 0.248. The molecule has 1 atom stereocenters. The molecule has 146 valence electrons. The first-order chi connectivity index (χ1) is 13.5. The molecule has 1 heterocycles. The van der Waals surface area contributed by atoms with Gasteiger partial charge in [-0.15, -0.1) is 0 Å². The number of nitrogens with zero attached hydrogens (tertiary/aromatic N) is 2. The van der Waals surface area contributed by atoms with Crippen molar-refractivity contribution in [3.05, 3.63) is 64.6 Å². The number of nitrogens with one attached hydrogen (secondary N) is 2. The standard InChI is InChI=1S/C22H25BrN4O/c1-14(2)20(13-28)26-22-25-19(16-7-5-4-6-8-16)12-21(27-22)24-18-10-9-15(3)11-17(18)23/h4-12,14,20,28H,13H2,1-3H3,(H2,24,25,26,27)/t20-/m1/s1. The van der Waals surface area contributed by atoms with E-state index in [2.05, 4.69) is 63.4 Å². The smallest absolute Gasteiger partial charge is 0.225 e. The van der Waals surface area contributed by atoms with Crippen LogP contribution in [0.3, 0.4) is 0 Å². The van der Waals surface area contributed by atoms with Crippen molar-refractivity contribution in [3.8, 4) is 11.3 Å². The molecule has 0 aliphatic carbocycles. The first-order valence-electron chi connectivity index (χ1n) is 9.31. The maximum Gasteiger partial charge on any atom is 0.225 e. The van der Waals surface area contributed by atoms with Gasteiger partial charge in [0.2, 0.25) is 5.95 Å². The molecule has 0 radical (unpaired) electrons. The molecule has 6 heteroatoms. The van der Waals surface area contributed by atoms with Gasteiger partial charge in [0.1, 0.15) is 5.82 Å². The molecule has 0 aliphatic heterocycles. The molecule has 2 aromatic carbocycles. The minimum Gasteiger partial charge on any atom is -0.394 e. The Hall–Kier alpha value is -2.44. The fraction of sp³-hybridized carbons (Fsp3) is 0.273. The molecule has 0 fully saturated rings. The summed E-state index contributed by atoms with van der Waals surface area (Å²) in [5.41, 5.74) is 3.92. The first-order valence-corrected chi connectivity index (χ1v) is 10.1. The zero-order valence-corrected chi connectivity index (χ0v) is 17.9. The monoisotopic (exact) mass is 440 g/mol. The van der Waals surface area contributed by atoms with Gasteiger partial charge in [0.05, 0.1) is 24.0 Å². The van der Waals surface area contributed by atoms with Gasteiger partial charge in [0.15, 0.2) is 0 Å². The molecular weight excluding hydrogens is 416 g/mol. The van der Waals surface area contributed by atoms with E-state index >= 15 is 0 Å². The second kappa shape index (κ2) is 9.17. The summed E-state index contributed by atoms with van der Waals surface area (Å²) < 4.78 is 0.970. The fourth-order valence-electron chi connectivity index (χ4n) is 2.78. The van der Waals surface area contributed by atoms with E-state index in [0.717, 1.165) is 21.4 Å². The summed E-state index contributed by atoms with van der Waals surface area (Å²) in [6.07, 6.45) is 0. The van der Waals surface area contributed by atoms with Gasteiger partial charge in [-0.05, 0) is 46.5 Å². The maximum absolute atomic E-state index is 9.67. The topological polar surface area (TPSA) is 70.1 Å². The lowest BCUT2D eigenvalue weighted by Crippen LogP contribution is -2.30. The third-order valence-corrected chi connectivity index (χ3v) is 5.16. The summed E-state index contributed by atoms with van der Waals surface area (Å²) in [7, 11) is 0. The molecule has 0 saturated carbocycles. The molecule has 28 heavy (non-hydrogen) atoms. The van der Waals surface area contributed by atoms with E-state index in [4.69, 9.17) is 0 Å². The van der Waals surface area contributed by atoms with Gasteiger partial charge in [0.25, 0.3) is 0 Å². The van der Waals surface area contributed by atoms with E-state index in [9.17, 15) is 5.11 Å². The van der Waals surface area contributed by atoms with Gasteiger partial charge in [0, 0.05) is 16.1 Å². The van der Waals surface area contributed by atoms with Crippen molar-refractivity contribution in [1.29, 1.82) is 0 Å². The molecule has 0 bridgehead atoms. The van der Waals surface area contributed by atoms with Crippen molar-refractivity contribution in [3.63, 3.8) is 0 Å². The molecule has 0 saturated heterocycles. The summed E-state index contributed by atoms with van der Waals surface area (Å²) in [5, 5.41) is 16.3. The van der Waals surface area contributed by atoms with Crippen LogP contribution in [0.25, 0.3) is 11.3 Å². The largest absolute Gasteiger partial charge is 0.394 e. The van der Waals surface area contributed by atoms with E-state index in [1.807, 2.05) is 48.5 Å². The zero-order chi connectivity index (χ0) is 20.1. The normalized spacial score (nSPS) is 12.1. The molecule has 3 N–H and O–H groups in total. The Morgan fingerprint density at radius 3 is 2.43 bits per heavy atom. The van der Waals surface area contributed by atoms with Crippen LogP contribution >= 0.6 is 15.9 Å². The fourth-order valence-corrected chi connectivity index (χ4v) is 3.37. The van der Waals surface area contributed by atoms with Crippen LogP contribution in [0.15, 0.2) is 59.1 Å². The van der Waals surface area contributed by atoms with Crippen molar-refractivity contribution in [1.82, 2.24) is 9.97 Å². The average molecular weight is 441 g/mol. The number of aliphatic hydroxyl groups is 1. The quantitative estimate of drug-likeness (QED) is 0.459. The minimum atomic E-state index is -0.120. The summed E-state index contributed by atoms with van der Waals surface area (Å²) in [4.78, 5) is 9.29. The maximum atomic E-state index is 9.67. The number of anilines is 3. The van der Waals surface area contributed by atoms with E-state index < -0.39 is 0 Å². The van der Waals surface area contributed by atoms with Gasteiger partial charge >= 0.3 is 0 Å². The number of halogens is 1. The van der Waals surface area contributed by atoms with Gasteiger partial charge in [-0.1, -0.05) is 50.2 Å². The third-order valence-electron chi connectivity index (χ3n) is 4.50. The number of aromatic nitrogens is 2. The molecule has 3 aromatic rings. The third kappa shape index (κ3) is 5.09. The molecule has 0 spiro atoms. The Kier molecular flexibility index (Phi) is 6.65. The highest BCUT2D eigenvalue weighted by Crippen LogP contribution is 2.28. The zero-order valence-electron chi connectivity index (χ0n) is 16.3. The Balaban J connectivity index is 1.99. The molecule has 0 aliphatic rings. The first kappa shape index (κ1) is 20.3. The molecule has 0 unspecified atom stereocenters. The summed E-state index contributed by atoms with van der Waals surface area (Å²) in [6, 6.07) is 17.9. The van der Waals surface area contributed by atoms with Gasteiger partial charge in [-0.2, -0.15) is 4.98 Å². The van der Waals surface area contributed by atoms with Gasteiger partial charge in [-0.3, -0.25) is 0 Å². The van der Waals surface area contributed by atoms with E-state index in [1.165, 1.54) is 5.56 Å². The SMILES string of the molecule is Cc1ccc(Nc2cc(-c3ccccc3)nc(N[C@H](CO)C(C)C)n2)c(Br)c1. The van der Waals surface area contributed by atoms with Crippen LogP contribution in [0.5, 0.6) is 0 Å². The van der Waals surface area contributed by atoms with Crippen molar-refractivity contribution >= 4 is 33.4 Å². The highest BCUT2D eigenvalue weighted by atomic mass is 79.9. The molecule has 5 nitrogen and oxygen atoms in total. The molecule has 1 aromatic heterocycles. The molecular formula is C22H25BrN4O. The minimum absolute atomic E-state index is 0.0167. The average Bonchev–Trinajstić information content (AvgIpc) is 2.68. The predicted octanol–water partition coefficient (Wildman–Crippen LogP) is 5.39. The number of rotatable bonds is 7. The van der Waals surface area contributed by atoms with Crippen LogP contribution in [0.4, 0.5) is 17.5 Å². The highest BCUT2D eigenvalue weighted by molar-refractivity contribution is 9.10. The summed E-state index contributed by atoms with van der Waals surface area (Å²) >= 11 is 3.60. The Morgan fingerprint density at radius 2 is 1.79 bits per heavy atom. The van der Waals surface area contributed by atoms with Crippen LogP contribution in [0, 0.1) is 12.8 Å². The molecule has 0 amide bonds. The second-order valence-corrected chi connectivity index (χ2v) is 7.97. The van der Waals surface area contributed by atoms with Crippen molar-refractivity contribution in [2.24, 2.45) is 5.92 Å². The van der Waals surface area contributed by atoms with Gasteiger partial charge < -0.3 is 15.7 Å². The number of hydrogen-bond donors (Lipinski definition) is 3. The lowest BCUT2D eigenvalue weighted by atomic mass is 10.1. The van der Waals surface area contributed by atoms with Crippen LogP contribution in [-0.4, -0.2) is 27.7 Å². The van der Waals surface area contributed by atoms with Crippen molar-refractivity contribution < 1.29 is 5.11 Å². The number of benzene rings is 2. The number of aliphatic hydroxyl groups excluding tert-OH is 1. The Labute approximate surface area is 174 Å². The van der Waals surface area contributed by atoms with Crippen LogP contribution < -0.4 is 10.6 Å². The Bertz CT molecular complexity index is 931. The van der Waals surface area contributed by atoms with Crippen molar-refractivity contribution in [2.45, 2.75) is 26.8 Å². The van der Waals surface area contributed by atoms with E-state index in [1.54, 1.807) is 0 Å². The predicted molar refractivity (Wildman–Crippen MR) is 119 cm³/mol. The van der Waals surface area contributed by atoms with Crippen molar-refractivity contribution in [2.75, 3.05) is 17.2 Å². The molecule has 3 rings (SSSR count). The number of hydrogen-bond acceptors (Lipinski definition) is 5.